The molecule has 1 aromatic heterocycles. The average molecular weight is 249 g/mol. The van der Waals surface area contributed by atoms with Crippen LogP contribution in [0.4, 0.5) is 0 Å². The Morgan fingerprint density at radius 1 is 1.50 bits per heavy atom. The lowest BCUT2D eigenvalue weighted by Gasteiger charge is -2.35. The van der Waals surface area contributed by atoms with E-state index in [-0.39, 0.29) is 5.91 Å². The Bertz CT molecular complexity index is 397. The number of rotatable bonds is 4. The van der Waals surface area contributed by atoms with Gasteiger partial charge in [0.05, 0.1) is 0 Å². The largest absolute Gasteiger partial charge is 0.344 e. The van der Waals surface area contributed by atoms with Crippen LogP contribution in [-0.2, 0) is 6.54 Å². The fraction of sp³-hybridized carbons (Fsp3) is 0.643. The number of piperidine rings is 1. The molecular formula is C14H23N3O. The lowest BCUT2D eigenvalue weighted by Crippen LogP contribution is -2.48. The monoisotopic (exact) mass is 249 g/mol. The van der Waals surface area contributed by atoms with Gasteiger partial charge in [0.2, 0.25) is 0 Å². The first-order valence-electron chi connectivity index (χ1n) is 6.88. The van der Waals surface area contributed by atoms with E-state index in [1.807, 2.05) is 34.8 Å². The Hall–Kier alpha value is -1.29. The van der Waals surface area contributed by atoms with Gasteiger partial charge in [-0.25, -0.2) is 0 Å². The number of likely N-dealkylation sites (tertiary alicyclic amines) is 1. The number of likely N-dealkylation sites (N-methyl/N-ethyl adjacent to an activating group) is 1. The summed E-state index contributed by atoms with van der Waals surface area (Å²) in [7, 11) is 1.95. The third-order valence-electron chi connectivity index (χ3n) is 3.72. The van der Waals surface area contributed by atoms with Crippen molar-refractivity contribution in [1.29, 1.82) is 0 Å². The SMILES string of the molecule is CCn1cccc1C(=O)N1CCCCC1CNC. The molecule has 2 heterocycles. The molecule has 0 bridgehead atoms. The van der Waals surface area contributed by atoms with E-state index < -0.39 is 0 Å². The minimum absolute atomic E-state index is 0.182. The summed E-state index contributed by atoms with van der Waals surface area (Å²) in [6.07, 6.45) is 5.44. The van der Waals surface area contributed by atoms with Crippen LogP contribution in [0.5, 0.6) is 0 Å². The van der Waals surface area contributed by atoms with Crippen LogP contribution in [0.2, 0.25) is 0 Å². The zero-order valence-corrected chi connectivity index (χ0v) is 11.4. The summed E-state index contributed by atoms with van der Waals surface area (Å²) in [6.45, 7) is 4.69. The number of hydrogen-bond donors (Lipinski definition) is 1. The molecule has 4 nitrogen and oxygen atoms in total. The number of aromatic nitrogens is 1. The minimum Gasteiger partial charge on any atom is -0.344 e. The number of aryl methyl sites for hydroxylation is 1. The molecule has 1 aliphatic heterocycles. The molecule has 0 saturated carbocycles. The normalized spacial score (nSPS) is 20.1. The van der Waals surface area contributed by atoms with Crippen molar-refractivity contribution >= 4 is 5.91 Å². The first kappa shape index (κ1) is 13.1. The van der Waals surface area contributed by atoms with Crippen LogP contribution < -0.4 is 5.32 Å². The molecule has 1 N–H and O–H groups in total. The van der Waals surface area contributed by atoms with Crippen LogP contribution in [0, 0.1) is 0 Å². The van der Waals surface area contributed by atoms with E-state index in [2.05, 4.69) is 12.2 Å². The van der Waals surface area contributed by atoms with Gasteiger partial charge in [-0.1, -0.05) is 0 Å². The van der Waals surface area contributed by atoms with Crippen LogP contribution in [0.15, 0.2) is 18.3 Å². The van der Waals surface area contributed by atoms with Crippen molar-refractivity contribution in [2.75, 3.05) is 20.1 Å². The van der Waals surface area contributed by atoms with Gasteiger partial charge >= 0.3 is 0 Å². The van der Waals surface area contributed by atoms with E-state index in [0.717, 1.165) is 38.2 Å². The van der Waals surface area contributed by atoms with Gasteiger partial charge in [0.25, 0.3) is 5.91 Å². The van der Waals surface area contributed by atoms with Crippen molar-refractivity contribution in [1.82, 2.24) is 14.8 Å². The molecular weight excluding hydrogens is 226 g/mol. The summed E-state index contributed by atoms with van der Waals surface area (Å²) < 4.78 is 2.02. The van der Waals surface area contributed by atoms with Crippen LogP contribution in [0.3, 0.4) is 0 Å². The maximum Gasteiger partial charge on any atom is 0.270 e. The minimum atomic E-state index is 0.182. The Morgan fingerprint density at radius 2 is 2.33 bits per heavy atom. The molecule has 0 aliphatic carbocycles. The van der Waals surface area contributed by atoms with Crippen molar-refractivity contribution in [2.45, 2.75) is 38.8 Å². The number of nitrogens with one attached hydrogen (secondary N) is 1. The molecule has 0 aromatic carbocycles. The summed E-state index contributed by atoms with van der Waals surface area (Å²) in [6, 6.07) is 4.22. The van der Waals surface area contributed by atoms with E-state index >= 15 is 0 Å². The van der Waals surface area contributed by atoms with Gasteiger partial charge in [0, 0.05) is 31.9 Å². The van der Waals surface area contributed by atoms with Crippen LogP contribution in [0.1, 0.15) is 36.7 Å². The Labute approximate surface area is 109 Å². The van der Waals surface area contributed by atoms with E-state index in [0.29, 0.717) is 6.04 Å². The number of hydrogen-bond acceptors (Lipinski definition) is 2. The highest BCUT2D eigenvalue weighted by Gasteiger charge is 2.28. The zero-order valence-electron chi connectivity index (χ0n) is 11.4. The van der Waals surface area contributed by atoms with Crippen LogP contribution in [0.25, 0.3) is 0 Å². The Balaban J connectivity index is 2.15. The number of carbonyl (C=O) groups excluding carboxylic acids is 1. The molecule has 4 heteroatoms. The standard InChI is InChI=1S/C14H23N3O/c1-3-16-9-6-8-13(16)14(18)17-10-5-4-7-12(17)11-15-2/h6,8-9,12,15H,3-5,7,10-11H2,1-2H3. The molecule has 1 aliphatic rings. The highest BCUT2D eigenvalue weighted by molar-refractivity contribution is 5.93. The Morgan fingerprint density at radius 3 is 3.06 bits per heavy atom. The molecule has 1 unspecified atom stereocenters. The summed E-state index contributed by atoms with van der Waals surface area (Å²) in [4.78, 5) is 14.6. The predicted molar refractivity (Wildman–Crippen MR) is 72.7 cm³/mol. The molecule has 1 amide bonds. The van der Waals surface area contributed by atoms with E-state index in [1.165, 1.54) is 6.42 Å². The molecule has 100 valence electrons. The topological polar surface area (TPSA) is 37.3 Å². The van der Waals surface area contributed by atoms with Gasteiger partial charge < -0.3 is 14.8 Å². The maximum atomic E-state index is 12.6. The fourth-order valence-corrected chi connectivity index (χ4v) is 2.75. The molecule has 1 aromatic rings. The molecule has 1 fully saturated rings. The molecule has 2 rings (SSSR count). The van der Waals surface area contributed by atoms with Crippen molar-refractivity contribution in [3.8, 4) is 0 Å². The van der Waals surface area contributed by atoms with Gasteiger partial charge in [-0.2, -0.15) is 0 Å². The van der Waals surface area contributed by atoms with Gasteiger partial charge in [0.15, 0.2) is 0 Å². The van der Waals surface area contributed by atoms with Crippen molar-refractivity contribution < 1.29 is 4.79 Å². The van der Waals surface area contributed by atoms with Crippen LogP contribution in [-0.4, -0.2) is 41.6 Å². The van der Waals surface area contributed by atoms with Crippen molar-refractivity contribution in [3.05, 3.63) is 24.0 Å². The maximum absolute atomic E-state index is 12.6. The number of amides is 1. The summed E-state index contributed by atoms with van der Waals surface area (Å²) >= 11 is 0. The second kappa shape index (κ2) is 6.05. The van der Waals surface area contributed by atoms with Crippen LogP contribution >= 0.6 is 0 Å². The molecule has 0 spiro atoms. The predicted octanol–water partition coefficient (Wildman–Crippen LogP) is 1.72. The second-order valence-electron chi connectivity index (χ2n) is 4.89. The third kappa shape index (κ3) is 2.58. The average Bonchev–Trinajstić information content (AvgIpc) is 2.87. The van der Waals surface area contributed by atoms with E-state index in [9.17, 15) is 4.79 Å². The quantitative estimate of drug-likeness (QED) is 0.882. The Kier molecular flexibility index (Phi) is 4.42. The summed E-state index contributed by atoms with van der Waals surface area (Å²) in [5.41, 5.74) is 0.820. The third-order valence-corrected chi connectivity index (χ3v) is 3.72. The van der Waals surface area contributed by atoms with Gasteiger partial charge in [-0.05, 0) is 45.4 Å². The summed E-state index contributed by atoms with van der Waals surface area (Å²) in [5, 5.41) is 3.20. The van der Waals surface area contributed by atoms with Crippen molar-refractivity contribution in [2.24, 2.45) is 0 Å². The zero-order chi connectivity index (χ0) is 13.0. The van der Waals surface area contributed by atoms with Gasteiger partial charge in [-0.15, -0.1) is 0 Å². The highest BCUT2D eigenvalue weighted by Crippen LogP contribution is 2.19. The number of carbonyl (C=O) groups is 1. The number of nitrogens with zero attached hydrogens (tertiary/aromatic N) is 2. The van der Waals surface area contributed by atoms with Gasteiger partial charge in [-0.3, -0.25) is 4.79 Å². The second-order valence-corrected chi connectivity index (χ2v) is 4.89. The first-order chi connectivity index (χ1) is 8.77. The van der Waals surface area contributed by atoms with E-state index in [4.69, 9.17) is 0 Å². The van der Waals surface area contributed by atoms with Gasteiger partial charge in [0.1, 0.15) is 5.69 Å². The molecule has 18 heavy (non-hydrogen) atoms. The fourth-order valence-electron chi connectivity index (χ4n) is 2.75. The lowest BCUT2D eigenvalue weighted by molar-refractivity contribution is 0.0604. The van der Waals surface area contributed by atoms with Crippen molar-refractivity contribution in [3.63, 3.8) is 0 Å². The lowest BCUT2D eigenvalue weighted by atomic mass is 10.0. The molecule has 0 radical (unpaired) electrons. The molecule has 1 saturated heterocycles. The first-order valence-corrected chi connectivity index (χ1v) is 6.88. The summed E-state index contributed by atoms with van der Waals surface area (Å²) in [5.74, 6) is 0.182. The molecule has 1 atom stereocenters. The van der Waals surface area contributed by atoms with E-state index in [1.54, 1.807) is 0 Å². The highest BCUT2D eigenvalue weighted by atomic mass is 16.2. The smallest absolute Gasteiger partial charge is 0.270 e.